The largest absolute Gasteiger partial charge is 0.349 e. The Morgan fingerprint density at radius 1 is 0.875 bits per heavy atom. The molecule has 2 aliphatic heterocycles. The van der Waals surface area contributed by atoms with E-state index in [0.29, 0.717) is 12.0 Å². The van der Waals surface area contributed by atoms with Crippen molar-refractivity contribution in [3.8, 4) is 0 Å². The van der Waals surface area contributed by atoms with Crippen molar-refractivity contribution in [1.82, 2.24) is 9.63 Å². The van der Waals surface area contributed by atoms with Gasteiger partial charge in [-0.3, -0.25) is 4.84 Å². The maximum Gasteiger partial charge on any atom is 0.111 e. The van der Waals surface area contributed by atoms with Gasteiger partial charge in [-0.2, -0.15) is 5.06 Å². The van der Waals surface area contributed by atoms with E-state index in [0.717, 1.165) is 13.1 Å². The van der Waals surface area contributed by atoms with Gasteiger partial charge in [-0.15, -0.1) is 0 Å². The molecule has 3 nitrogen and oxygen atoms in total. The van der Waals surface area contributed by atoms with Crippen LogP contribution in [0.5, 0.6) is 0 Å². The van der Waals surface area contributed by atoms with Crippen LogP contribution in [0, 0.1) is 5.92 Å². The van der Waals surface area contributed by atoms with Crippen molar-refractivity contribution in [2.75, 3.05) is 0 Å². The second kappa shape index (κ2) is 5.62. The molecule has 0 bridgehead atoms. The summed E-state index contributed by atoms with van der Waals surface area (Å²) in [5.41, 5.74) is 3.93. The molecule has 3 heteroatoms. The number of benzene rings is 2. The van der Waals surface area contributed by atoms with E-state index < -0.39 is 0 Å². The van der Waals surface area contributed by atoms with Gasteiger partial charge in [0, 0.05) is 30.9 Å². The summed E-state index contributed by atoms with van der Waals surface area (Å²) < 4.78 is 2.38. The van der Waals surface area contributed by atoms with Crippen molar-refractivity contribution in [2.24, 2.45) is 5.92 Å². The molecule has 0 unspecified atom stereocenters. The molecule has 0 amide bonds. The minimum atomic E-state index is 0.125. The van der Waals surface area contributed by atoms with Gasteiger partial charge in [-0.25, -0.2) is 0 Å². The number of aromatic nitrogens is 1. The van der Waals surface area contributed by atoms with Gasteiger partial charge in [-0.1, -0.05) is 60.7 Å². The quantitative estimate of drug-likeness (QED) is 0.715. The molecular formula is C21H20N2O. The topological polar surface area (TPSA) is 17.4 Å². The Bertz CT molecular complexity index is 827. The van der Waals surface area contributed by atoms with Gasteiger partial charge in [0.1, 0.15) is 6.10 Å². The monoisotopic (exact) mass is 316 g/mol. The SMILES string of the molecule is c1ccc(CN2O[C@@H](c3ccccc3)[C@@H]3Cn4cccc4[C@@H]32)cc1. The minimum Gasteiger partial charge on any atom is -0.349 e. The Morgan fingerprint density at radius 2 is 1.62 bits per heavy atom. The van der Waals surface area contributed by atoms with E-state index >= 15 is 0 Å². The fraction of sp³-hybridized carbons (Fsp3) is 0.238. The second-order valence-electron chi connectivity index (χ2n) is 6.69. The van der Waals surface area contributed by atoms with Crippen molar-refractivity contribution in [2.45, 2.75) is 25.2 Å². The zero-order chi connectivity index (χ0) is 15.9. The first-order chi connectivity index (χ1) is 11.9. The molecule has 3 atom stereocenters. The van der Waals surface area contributed by atoms with Crippen LogP contribution in [0.3, 0.4) is 0 Å². The zero-order valence-corrected chi connectivity index (χ0v) is 13.5. The number of nitrogens with zero attached hydrogens (tertiary/aromatic N) is 2. The number of rotatable bonds is 3. The van der Waals surface area contributed by atoms with Gasteiger partial charge in [0.2, 0.25) is 0 Å². The normalized spacial score (nSPS) is 25.6. The van der Waals surface area contributed by atoms with Crippen molar-refractivity contribution >= 4 is 0 Å². The smallest absolute Gasteiger partial charge is 0.111 e. The van der Waals surface area contributed by atoms with Crippen LogP contribution in [-0.2, 0) is 17.9 Å². The first-order valence-corrected chi connectivity index (χ1v) is 8.57. The van der Waals surface area contributed by atoms with Gasteiger partial charge in [-0.05, 0) is 23.3 Å². The number of hydrogen-bond acceptors (Lipinski definition) is 2. The van der Waals surface area contributed by atoms with Crippen molar-refractivity contribution < 1.29 is 4.84 Å². The lowest BCUT2D eigenvalue weighted by molar-refractivity contribution is -0.174. The lowest BCUT2D eigenvalue weighted by atomic mass is 9.91. The molecule has 0 spiro atoms. The summed E-state index contributed by atoms with van der Waals surface area (Å²) in [5.74, 6) is 0.465. The highest BCUT2D eigenvalue weighted by Crippen LogP contribution is 2.51. The van der Waals surface area contributed by atoms with Crippen LogP contribution in [-0.4, -0.2) is 9.63 Å². The second-order valence-corrected chi connectivity index (χ2v) is 6.69. The number of fused-ring (bicyclic) bond motifs is 3. The first-order valence-electron chi connectivity index (χ1n) is 8.57. The van der Waals surface area contributed by atoms with E-state index in [1.807, 2.05) is 0 Å². The average molecular weight is 316 g/mol. The van der Waals surface area contributed by atoms with Crippen LogP contribution in [0.25, 0.3) is 0 Å². The molecule has 1 aromatic heterocycles. The van der Waals surface area contributed by atoms with E-state index in [-0.39, 0.29) is 6.10 Å². The van der Waals surface area contributed by atoms with Crippen molar-refractivity contribution in [1.29, 1.82) is 0 Å². The standard InChI is InChI=1S/C21H20N2O/c1-3-8-16(9-4-1)14-23-20-18(15-22-13-7-12-19(20)22)21(24-23)17-10-5-2-6-11-17/h1-13,18,20-21H,14-15H2/t18-,20-,21+/m1/s1. The van der Waals surface area contributed by atoms with E-state index in [1.54, 1.807) is 0 Å². The lowest BCUT2D eigenvalue weighted by Gasteiger charge is -2.22. The summed E-state index contributed by atoms with van der Waals surface area (Å²) in [6.07, 6.45) is 2.32. The van der Waals surface area contributed by atoms with Gasteiger partial charge < -0.3 is 4.57 Å². The lowest BCUT2D eigenvalue weighted by Crippen LogP contribution is -2.22. The fourth-order valence-electron chi connectivity index (χ4n) is 4.17. The molecule has 2 aromatic carbocycles. The van der Waals surface area contributed by atoms with Gasteiger partial charge in [0.05, 0.1) is 6.04 Å². The summed E-state index contributed by atoms with van der Waals surface area (Å²) in [6, 6.07) is 25.9. The molecule has 3 heterocycles. The summed E-state index contributed by atoms with van der Waals surface area (Å²) in [6.45, 7) is 1.84. The average Bonchev–Trinajstić information content (AvgIpc) is 3.29. The molecule has 1 saturated heterocycles. The number of hydrogen-bond donors (Lipinski definition) is 0. The van der Waals surface area contributed by atoms with Crippen LogP contribution in [0.15, 0.2) is 79.0 Å². The number of hydroxylamine groups is 2. The van der Waals surface area contributed by atoms with E-state index in [4.69, 9.17) is 4.84 Å². The van der Waals surface area contributed by atoms with Gasteiger partial charge in [0.25, 0.3) is 0 Å². The maximum atomic E-state index is 6.46. The molecule has 1 fully saturated rings. The van der Waals surface area contributed by atoms with Crippen LogP contribution < -0.4 is 0 Å². The molecule has 3 aromatic rings. The van der Waals surface area contributed by atoms with Gasteiger partial charge in [0.15, 0.2) is 0 Å². The third-order valence-electron chi connectivity index (χ3n) is 5.24. The van der Waals surface area contributed by atoms with Crippen LogP contribution in [0.2, 0.25) is 0 Å². The van der Waals surface area contributed by atoms with E-state index in [9.17, 15) is 0 Å². The summed E-state index contributed by atoms with van der Waals surface area (Å²) in [7, 11) is 0. The van der Waals surface area contributed by atoms with Crippen LogP contribution in [0.4, 0.5) is 0 Å². The molecule has 120 valence electrons. The zero-order valence-electron chi connectivity index (χ0n) is 13.5. The van der Waals surface area contributed by atoms with Gasteiger partial charge >= 0.3 is 0 Å². The Kier molecular flexibility index (Phi) is 3.28. The predicted octanol–water partition coefficient (Wildman–Crippen LogP) is 4.35. The molecular weight excluding hydrogens is 296 g/mol. The highest BCUT2D eigenvalue weighted by atomic mass is 16.7. The third-order valence-corrected chi connectivity index (χ3v) is 5.24. The van der Waals surface area contributed by atoms with Crippen molar-refractivity contribution in [3.05, 3.63) is 95.8 Å². The Labute approximate surface area is 142 Å². The summed E-state index contributed by atoms with van der Waals surface area (Å²) in [5, 5.41) is 2.19. The first kappa shape index (κ1) is 14.0. The van der Waals surface area contributed by atoms with Crippen molar-refractivity contribution in [3.63, 3.8) is 0 Å². The highest BCUT2D eigenvalue weighted by molar-refractivity contribution is 5.26. The van der Waals surface area contributed by atoms with Crippen LogP contribution >= 0.6 is 0 Å². The third kappa shape index (κ3) is 2.20. The predicted molar refractivity (Wildman–Crippen MR) is 92.9 cm³/mol. The Hall–Kier alpha value is -2.36. The molecule has 2 aliphatic rings. The molecule has 0 aliphatic carbocycles. The molecule has 0 N–H and O–H groups in total. The molecule has 24 heavy (non-hydrogen) atoms. The fourth-order valence-corrected chi connectivity index (χ4v) is 4.17. The van der Waals surface area contributed by atoms with Crippen LogP contribution in [0.1, 0.15) is 29.0 Å². The molecule has 0 radical (unpaired) electrons. The van der Waals surface area contributed by atoms with E-state index in [1.165, 1.54) is 16.8 Å². The molecule has 0 saturated carbocycles. The molecule has 5 rings (SSSR count). The maximum absolute atomic E-state index is 6.46. The minimum absolute atomic E-state index is 0.125. The van der Waals surface area contributed by atoms with E-state index in [2.05, 4.69) is 88.6 Å². The Morgan fingerprint density at radius 3 is 2.42 bits per heavy atom. The Balaban J connectivity index is 1.50. The highest BCUT2D eigenvalue weighted by Gasteiger charge is 2.49. The summed E-state index contributed by atoms with van der Waals surface area (Å²) in [4.78, 5) is 6.46. The summed E-state index contributed by atoms with van der Waals surface area (Å²) >= 11 is 0.